The van der Waals surface area contributed by atoms with Crippen molar-refractivity contribution in [1.82, 2.24) is 14.6 Å². The number of nitriles is 1. The van der Waals surface area contributed by atoms with Crippen molar-refractivity contribution >= 4 is 61.6 Å². The van der Waals surface area contributed by atoms with Crippen molar-refractivity contribution in [3.05, 3.63) is 152 Å². The standard InChI is InChI=1S/C50H45Cl2N5O8S2/c1-29-49(66-50(55-29)54-25-32-3-2-4-32)67(61,62)57-26-38-23-45-44(64-28-46(65-45)36-14-16-39(17-15-36)63-27-33-9-18-40(51)41(52)19-33)22-37(38)21-43(57)47(58)56-42(48(59)60)20-30-5-10-34(11-6-30)35-12-7-31(24-53)8-13-35/h5-19,22-23,32,42-43,46H,2-4,20-21,25-28H2,1H3,(H,54,55)(H,56,58)(H,59,60). The van der Waals surface area contributed by atoms with Crippen LogP contribution < -0.4 is 24.8 Å². The number of rotatable bonds is 15. The molecule has 3 atom stereocenters. The molecule has 3 heterocycles. The highest BCUT2D eigenvalue weighted by atomic mass is 35.5. The number of benzene rings is 5. The lowest BCUT2D eigenvalue weighted by atomic mass is 9.86. The van der Waals surface area contributed by atoms with Crippen LogP contribution in [0.3, 0.4) is 0 Å². The molecule has 6 aromatic rings. The Morgan fingerprint density at radius 1 is 0.940 bits per heavy atom. The third kappa shape index (κ3) is 10.2. The molecule has 2 aliphatic heterocycles. The van der Waals surface area contributed by atoms with Crippen LogP contribution in [0.15, 0.2) is 107 Å². The fourth-order valence-corrected chi connectivity index (χ4v) is 11.8. The van der Waals surface area contributed by atoms with Crippen molar-refractivity contribution in [2.45, 2.75) is 74.6 Å². The van der Waals surface area contributed by atoms with Gasteiger partial charge in [-0.3, -0.25) is 4.79 Å². The quantitative estimate of drug-likeness (QED) is 0.0892. The Labute approximate surface area is 402 Å². The van der Waals surface area contributed by atoms with Gasteiger partial charge in [-0.15, -0.1) is 0 Å². The molecule has 17 heteroatoms. The number of sulfonamides is 1. The van der Waals surface area contributed by atoms with Crippen molar-refractivity contribution in [1.29, 1.82) is 5.26 Å². The summed E-state index contributed by atoms with van der Waals surface area (Å²) in [5.41, 5.74) is 6.24. The molecule has 1 saturated carbocycles. The van der Waals surface area contributed by atoms with Crippen molar-refractivity contribution in [3.8, 4) is 34.4 Å². The minimum atomic E-state index is -4.37. The van der Waals surface area contributed by atoms with Crippen molar-refractivity contribution in [3.63, 3.8) is 0 Å². The predicted molar refractivity (Wildman–Crippen MR) is 255 cm³/mol. The topological polar surface area (TPSA) is 180 Å². The molecule has 9 rings (SSSR count). The molecule has 3 aliphatic rings. The predicted octanol–water partition coefficient (Wildman–Crippen LogP) is 9.53. The molecule has 0 saturated heterocycles. The van der Waals surface area contributed by atoms with E-state index in [1.807, 2.05) is 54.6 Å². The number of hydrogen-bond acceptors (Lipinski definition) is 11. The second kappa shape index (κ2) is 19.6. The minimum Gasteiger partial charge on any atom is -0.489 e. The molecular formula is C50H45Cl2N5O8S2. The van der Waals surface area contributed by atoms with Gasteiger partial charge in [0.05, 0.1) is 27.4 Å². The second-order valence-corrected chi connectivity index (χ2v) is 20.8. The van der Waals surface area contributed by atoms with Gasteiger partial charge in [0.2, 0.25) is 5.91 Å². The zero-order valence-corrected chi connectivity index (χ0v) is 39.4. The Hall–Kier alpha value is -6.15. The number of nitrogens with zero attached hydrogens (tertiary/aromatic N) is 3. The van der Waals surface area contributed by atoms with Crippen LogP contribution in [-0.4, -0.2) is 59.9 Å². The molecular weight excluding hydrogens is 934 g/mol. The van der Waals surface area contributed by atoms with Crippen LogP contribution in [0.2, 0.25) is 10.0 Å². The van der Waals surface area contributed by atoms with E-state index in [1.165, 1.54) is 6.42 Å². The van der Waals surface area contributed by atoms with Crippen LogP contribution in [0, 0.1) is 24.2 Å². The summed E-state index contributed by atoms with van der Waals surface area (Å²) in [7, 11) is -4.37. The van der Waals surface area contributed by atoms with E-state index >= 15 is 0 Å². The number of aliphatic carboxylic acids is 1. The normalized spacial score (nSPS) is 17.3. The maximum Gasteiger partial charge on any atom is 0.326 e. The molecule has 67 heavy (non-hydrogen) atoms. The second-order valence-electron chi connectivity index (χ2n) is 16.9. The number of ether oxygens (including phenoxy) is 3. The van der Waals surface area contributed by atoms with Gasteiger partial charge in [-0.05, 0) is 120 Å². The van der Waals surface area contributed by atoms with Crippen LogP contribution in [-0.2, 0) is 45.6 Å². The Morgan fingerprint density at radius 3 is 2.31 bits per heavy atom. The molecule has 1 aromatic heterocycles. The average molecular weight is 979 g/mol. The Bertz CT molecular complexity index is 2980. The number of halogens is 2. The number of hydrogen-bond donors (Lipinski definition) is 3. The number of carbonyl (C=O) groups excluding carboxylic acids is 1. The number of carbonyl (C=O) groups is 2. The summed E-state index contributed by atoms with van der Waals surface area (Å²) in [6, 6.07) is 30.1. The first-order valence-electron chi connectivity index (χ1n) is 21.8. The van der Waals surface area contributed by atoms with Crippen molar-refractivity contribution in [2.24, 2.45) is 5.92 Å². The van der Waals surface area contributed by atoms with Crippen LogP contribution >= 0.6 is 34.5 Å². The molecule has 3 N–H and O–H groups in total. The molecule has 0 radical (unpaired) electrons. The van der Waals surface area contributed by atoms with Crippen LogP contribution in [0.5, 0.6) is 17.2 Å². The highest BCUT2D eigenvalue weighted by Gasteiger charge is 2.43. The van der Waals surface area contributed by atoms with E-state index in [2.05, 4.69) is 21.7 Å². The van der Waals surface area contributed by atoms with Crippen molar-refractivity contribution < 1.29 is 37.3 Å². The van der Waals surface area contributed by atoms with E-state index in [4.69, 9.17) is 42.7 Å². The largest absolute Gasteiger partial charge is 0.489 e. The Morgan fingerprint density at radius 2 is 1.64 bits per heavy atom. The zero-order chi connectivity index (χ0) is 46.8. The third-order valence-corrected chi connectivity index (χ3v) is 16.7. The summed E-state index contributed by atoms with van der Waals surface area (Å²) in [5.74, 6) is -0.00295. The van der Waals surface area contributed by atoms with E-state index in [-0.39, 0.29) is 30.2 Å². The van der Waals surface area contributed by atoms with E-state index in [0.29, 0.717) is 79.4 Å². The Kier molecular flexibility index (Phi) is 13.4. The van der Waals surface area contributed by atoms with Gasteiger partial charge in [0.25, 0.3) is 10.0 Å². The fourth-order valence-electron chi connectivity index (χ4n) is 8.35. The number of carboxylic acids is 1. The van der Waals surface area contributed by atoms with Gasteiger partial charge in [0, 0.05) is 19.5 Å². The van der Waals surface area contributed by atoms with Crippen LogP contribution in [0.4, 0.5) is 5.13 Å². The molecule has 344 valence electrons. The van der Waals surface area contributed by atoms with Gasteiger partial charge in [0.1, 0.15) is 31.0 Å². The van der Waals surface area contributed by atoms with Crippen molar-refractivity contribution in [2.75, 3.05) is 18.5 Å². The molecule has 1 fully saturated rings. The number of carboxylic acid groups (broad SMARTS) is 1. The first-order chi connectivity index (χ1) is 32.3. The molecule has 0 spiro atoms. The monoisotopic (exact) mass is 977 g/mol. The summed E-state index contributed by atoms with van der Waals surface area (Å²) in [4.78, 5) is 31.7. The maximum atomic E-state index is 14.8. The molecule has 1 amide bonds. The van der Waals surface area contributed by atoms with Gasteiger partial charge >= 0.3 is 5.97 Å². The van der Waals surface area contributed by atoms with Crippen LogP contribution in [0.25, 0.3) is 11.1 Å². The number of amides is 1. The van der Waals surface area contributed by atoms with Gasteiger partial charge in [0.15, 0.2) is 26.9 Å². The summed E-state index contributed by atoms with van der Waals surface area (Å²) in [5, 5.41) is 26.9. The molecule has 5 aromatic carbocycles. The smallest absolute Gasteiger partial charge is 0.326 e. The number of fused-ring (bicyclic) bond motifs is 2. The van der Waals surface area contributed by atoms with Gasteiger partial charge in [-0.1, -0.05) is 95.6 Å². The molecule has 0 bridgehead atoms. The number of thiazole rings is 1. The van der Waals surface area contributed by atoms with Gasteiger partial charge in [-0.2, -0.15) is 9.57 Å². The lowest BCUT2D eigenvalue weighted by Gasteiger charge is -2.36. The fraction of sp³-hybridized carbons (Fsp3) is 0.280. The molecule has 13 nitrogen and oxygen atoms in total. The van der Waals surface area contributed by atoms with E-state index < -0.39 is 40.1 Å². The average Bonchev–Trinajstić information content (AvgIpc) is 3.71. The number of nitrogens with one attached hydrogen (secondary N) is 2. The SMILES string of the molecule is Cc1nc(NCC2CCC2)sc1S(=O)(=O)N1Cc2cc3c(cc2CC1C(=O)NC(Cc1ccc(-c2ccc(C#N)cc2)cc1)C(=O)O)OCC(c1ccc(OCc2ccc(Cl)c(Cl)c2)cc1)O3. The molecule has 1 aliphatic carbocycles. The van der Waals surface area contributed by atoms with Gasteiger partial charge < -0.3 is 30.0 Å². The number of aromatic nitrogens is 1. The lowest BCUT2D eigenvalue weighted by Crippen LogP contribution is -2.55. The summed E-state index contributed by atoms with van der Waals surface area (Å²) in [6.45, 7) is 2.61. The highest BCUT2D eigenvalue weighted by Crippen LogP contribution is 2.43. The highest BCUT2D eigenvalue weighted by molar-refractivity contribution is 7.91. The van der Waals surface area contributed by atoms with E-state index in [0.717, 1.165) is 50.7 Å². The number of anilines is 1. The first-order valence-corrected chi connectivity index (χ1v) is 24.8. The summed E-state index contributed by atoms with van der Waals surface area (Å²) < 4.78 is 49.5. The summed E-state index contributed by atoms with van der Waals surface area (Å²) >= 11 is 13.2. The number of aryl methyl sites for hydroxylation is 1. The Balaban J connectivity index is 0.946. The van der Waals surface area contributed by atoms with Crippen LogP contribution in [0.1, 0.15) is 64.4 Å². The van der Waals surface area contributed by atoms with E-state index in [1.54, 1.807) is 55.5 Å². The summed E-state index contributed by atoms with van der Waals surface area (Å²) in [6.07, 6.45) is 2.79. The zero-order valence-electron chi connectivity index (χ0n) is 36.2. The minimum absolute atomic E-state index is 0.00370. The van der Waals surface area contributed by atoms with Gasteiger partial charge in [-0.25, -0.2) is 18.2 Å². The molecule has 3 unspecified atom stereocenters. The first kappa shape index (κ1) is 46.0. The lowest BCUT2D eigenvalue weighted by molar-refractivity contribution is -0.142. The maximum absolute atomic E-state index is 14.8. The van der Waals surface area contributed by atoms with E-state index in [9.17, 15) is 23.1 Å². The third-order valence-electron chi connectivity index (χ3n) is 12.4.